The summed E-state index contributed by atoms with van der Waals surface area (Å²) in [7, 11) is 0. The molecule has 0 bridgehead atoms. The van der Waals surface area contributed by atoms with Crippen molar-refractivity contribution in [3.8, 4) is 0 Å². The van der Waals surface area contributed by atoms with E-state index >= 15 is 0 Å². The zero-order chi connectivity index (χ0) is 14.1. The second kappa shape index (κ2) is 5.13. The number of nitrogens with zero attached hydrogens (tertiary/aromatic N) is 3. The van der Waals surface area contributed by atoms with Gasteiger partial charge in [-0.1, -0.05) is 0 Å². The van der Waals surface area contributed by atoms with Gasteiger partial charge < -0.3 is 19.5 Å². The number of pyridine rings is 1. The molecule has 0 aromatic carbocycles. The Kier molecular flexibility index (Phi) is 3.31. The normalized spacial score (nSPS) is 16.8. The Morgan fingerprint density at radius 2 is 2.05 bits per heavy atom. The molecule has 0 radical (unpaired) electrons. The topological polar surface area (TPSA) is 78.1 Å². The number of piperidine rings is 1. The maximum absolute atomic E-state index is 10.7. The average Bonchev–Trinajstić information content (AvgIpc) is 2.79. The predicted molar refractivity (Wildman–Crippen MR) is 74.0 cm³/mol. The van der Waals surface area contributed by atoms with Gasteiger partial charge in [-0.2, -0.15) is 0 Å². The van der Waals surface area contributed by atoms with Gasteiger partial charge in [-0.25, -0.2) is 4.98 Å². The molecule has 2 aromatic rings. The van der Waals surface area contributed by atoms with Gasteiger partial charge in [0.25, 0.3) is 0 Å². The van der Waals surface area contributed by atoms with Crippen LogP contribution in [-0.4, -0.2) is 44.8 Å². The predicted octanol–water partition coefficient (Wildman–Crippen LogP) is 0.922. The molecule has 1 aliphatic heterocycles. The average molecular weight is 275 g/mol. The van der Waals surface area contributed by atoms with Crippen LogP contribution >= 0.6 is 0 Å². The molecule has 106 valence electrons. The standard InChI is InChI=1S/C14H17N3O3/c18-12-3-5-16(6-4-12)11-1-2-13-15-10(7-14(19)20)8-17(13)9-11/h1-2,8-9,12,18H,3-7H2,(H,19,20). The Morgan fingerprint density at radius 1 is 1.30 bits per heavy atom. The molecule has 0 aliphatic carbocycles. The lowest BCUT2D eigenvalue weighted by Crippen LogP contribution is -2.35. The van der Waals surface area contributed by atoms with Crippen molar-refractivity contribution in [3.63, 3.8) is 0 Å². The first-order chi connectivity index (χ1) is 9.61. The highest BCUT2D eigenvalue weighted by atomic mass is 16.4. The van der Waals surface area contributed by atoms with E-state index in [1.807, 2.05) is 22.7 Å². The highest BCUT2D eigenvalue weighted by Crippen LogP contribution is 2.21. The molecule has 0 amide bonds. The molecule has 3 heterocycles. The number of fused-ring (bicyclic) bond motifs is 1. The monoisotopic (exact) mass is 275 g/mol. The van der Waals surface area contributed by atoms with E-state index in [1.165, 1.54) is 0 Å². The maximum atomic E-state index is 10.7. The summed E-state index contributed by atoms with van der Waals surface area (Å²) in [5.74, 6) is -0.876. The molecule has 0 spiro atoms. The minimum absolute atomic E-state index is 0.0626. The molecular formula is C14H17N3O3. The molecule has 1 aliphatic rings. The number of rotatable bonds is 3. The SMILES string of the molecule is O=C(O)Cc1cn2cc(N3CCC(O)CC3)ccc2n1. The first-order valence-corrected chi connectivity index (χ1v) is 6.74. The Labute approximate surface area is 116 Å². The molecule has 6 nitrogen and oxygen atoms in total. The summed E-state index contributed by atoms with van der Waals surface area (Å²) in [6.45, 7) is 1.67. The fraction of sp³-hybridized carbons (Fsp3) is 0.429. The van der Waals surface area contributed by atoms with Crippen molar-refractivity contribution in [2.75, 3.05) is 18.0 Å². The van der Waals surface area contributed by atoms with Crippen LogP contribution < -0.4 is 4.90 Å². The molecule has 3 rings (SSSR count). The molecule has 20 heavy (non-hydrogen) atoms. The molecule has 1 saturated heterocycles. The second-order valence-corrected chi connectivity index (χ2v) is 5.17. The lowest BCUT2D eigenvalue weighted by atomic mass is 10.1. The van der Waals surface area contributed by atoms with E-state index in [0.29, 0.717) is 5.69 Å². The van der Waals surface area contributed by atoms with Crippen LogP contribution in [0.1, 0.15) is 18.5 Å². The molecule has 6 heteroatoms. The van der Waals surface area contributed by atoms with Gasteiger partial charge >= 0.3 is 5.97 Å². The van der Waals surface area contributed by atoms with Crippen molar-refractivity contribution in [3.05, 3.63) is 30.2 Å². The van der Waals surface area contributed by atoms with Gasteiger partial charge in [0.05, 0.1) is 23.9 Å². The van der Waals surface area contributed by atoms with E-state index in [9.17, 15) is 9.90 Å². The van der Waals surface area contributed by atoms with Gasteiger partial charge in [0, 0.05) is 25.5 Å². The molecule has 0 saturated carbocycles. The summed E-state index contributed by atoms with van der Waals surface area (Å²) >= 11 is 0. The second-order valence-electron chi connectivity index (χ2n) is 5.17. The minimum atomic E-state index is -0.876. The lowest BCUT2D eigenvalue weighted by Gasteiger charge is -2.31. The number of imidazole rings is 1. The lowest BCUT2D eigenvalue weighted by molar-refractivity contribution is -0.136. The largest absolute Gasteiger partial charge is 0.481 e. The fourth-order valence-electron chi connectivity index (χ4n) is 2.58. The Bertz CT molecular complexity index is 630. The van der Waals surface area contributed by atoms with Crippen LogP contribution in [0.4, 0.5) is 5.69 Å². The van der Waals surface area contributed by atoms with Crippen LogP contribution in [0.2, 0.25) is 0 Å². The fourth-order valence-corrected chi connectivity index (χ4v) is 2.58. The zero-order valence-corrected chi connectivity index (χ0v) is 11.1. The van der Waals surface area contributed by atoms with Gasteiger partial charge in [0.2, 0.25) is 0 Å². The van der Waals surface area contributed by atoms with Crippen LogP contribution in [0.15, 0.2) is 24.5 Å². The Hall–Kier alpha value is -2.08. The minimum Gasteiger partial charge on any atom is -0.481 e. The summed E-state index contributed by atoms with van der Waals surface area (Å²) in [5, 5.41) is 18.3. The van der Waals surface area contributed by atoms with Crippen molar-refractivity contribution in [2.24, 2.45) is 0 Å². The van der Waals surface area contributed by atoms with Crippen LogP contribution in [0.25, 0.3) is 5.65 Å². The number of aromatic nitrogens is 2. The number of aliphatic carboxylic acids is 1. The summed E-state index contributed by atoms with van der Waals surface area (Å²) < 4.78 is 1.86. The highest BCUT2D eigenvalue weighted by Gasteiger charge is 2.17. The summed E-state index contributed by atoms with van der Waals surface area (Å²) in [6.07, 6.45) is 5.04. The molecule has 1 fully saturated rings. The molecule has 0 atom stereocenters. The number of aliphatic hydroxyl groups is 1. The summed E-state index contributed by atoms with van der Waals surface area (Å²) in [6, 6.07) is 3.89. The number of aliphatic hydroxyl groups excluding tert-OH is 1. The molecule has 2 N–H and O–H groups in total. The number of hydrogen-bond donors (Lipinski definition) is 2. The quantitative estimate of drug-likeness (QED) is 0.871. The highest BCUT2D eigenvalue weighted by molar-refractivity contribution is 5.70. The van der Waals surface area contributed by atoms with Crippen molar-refractivity contribution in [1.82, 2.24) is 9.38 Å². The van der Waals surface area contributed by atoms with E-state index in [1.54, 1.807) is 6.20 Å². The van der Waals surface area contributed by atoms with Crippen LogP contribution in [-0.2, 0) is 11.2 Å². The third kappa shape index (κ3) is 2.60. The molecule has 0 unspecified atom stereocenters. The van der Waals surface area contributed by atoms with Crippen LogP contribution in [0.3, 0.4) is 0 Å². The van der Waals surface area contributed by atoms with Crippen LogP contribution in [0, 0.1) is 0 Å². The number of carboxylic acid groups (broad SMARTS) is 1. The van der Waals surface area contributed by atoms with Crippen molar-refractivity contribution >= 4 is 17.3 Å². The van der Waals surface area contributed by atoms with E-state index in [4.69, 9.17) is 5.11 Å². The number of hydrogen-bond acceptors (Lipinski definition) is 4. The first-order valence-electron chi connectivity index (χ1n) is 6.74. The third-order valence-corrected chi connectivity index (χ3v) is 3.65. The number of anilines is 1. The molecular weight excluding hydrogens is 258 g/mol. The van der Waals surface area contributed by atoms with Gasteiger partial charge in [-0.15, -0.1) is 0 Å². The van der Waals surface area contributed by atoms with E-state index in [-0.39, 0.29) is 12.5 Å². The van der Waals surface area contributed by atoms with Gasteiger partial charge in [0.15, 0.2) is 0 Å². The molecule has 2 aromatic heterocycles. The summed E-state index contributed by atoms with van der Waals surface area (Å²) in [5.41, 5.74) is 2.38. The van der Waals surface area contributed by atoms with Gasteiger partial charge in [-0.3, -0.25) is 4.79 Å². The Morgan fingerprint density at radius 3 is 2.75 bits per heavy atom. The zero-order valence-electron chi connectivity index (χ0n) is 11.1. The first kappa shape index (κ1) is 12.9. The van der Waals surface area contributed by atoms with Crippen LogP contribution in [0.5, 0.6) is 0 Å². The van der Waals surface area contributed by atoms with Crippen molar-refractivity contribution < 1.29 is 15.0 Å². The Balaban J connectivity index is 1.84. The van der Waals surface area contributed by atoms with E-state index in [2.05, 4.69) is 9.88 Å². The van der Waals surface area contributed by atoms with Gasteiger partial charge in [0.1, 0.15) is 5.65 Å². The van der Waals surface area contributed by atoms with Gasteiger partial charge in [-0.05, 0) is 25.0 Å². The number of carboxylic acids is 1. The van der Waals surface area contributed by atoms with E-state index < -0.39 is 5.97 Å². The smallest absolute Gasteiger partial charge is 0.309 e. The summed E-state index contributed by atoms with van der Waals surface area (Å²) in [4.78, 5) is 17.2. The maximum Gasteiger partial charge on any atom is 0.309 e. The van der Waals surface area contributed by atoms with Crippen molar-refractivity contribution in [1.29, 1.82) is 0 Å². The van der Waals surface area contributed by atoms with E-state index in [0.717, 1.165) is 37.3 Å². The number of carbonyl (C=O) groups is 1. The third-order valence-electron chi connectivity index (χ3n) is 3.65. The van der Waals surface area contributed by atoms with Crippen molar-refractivity contribution in [2.45, 2.75) is 25.4 Å².